The van der Waals surface area contributed by atoms with Crippen LogP contribution in [0.15, 0.2) is 23.1 Å². The molecule has 1 fully saturated rings. The van der Waals surface area contributed by atoms with E-state index < -0.39 is 0 Å². The van der Waals surface area contributed by atoms with Gasteiger partial charge in [0.15, 0.2) is 0 Å². The lowest BCUT2D eigenvalue weighted by Gasteiger charge is -2.15. The highest BCUT2D eigenvalue weighted by Gasteiger charge is 2.10. The molecule has 3 nitrogen and oxygen atoms in total. The van der Waals surface area contributed by atoms with E-state index in [1.807, 2.05) is 0 Å². The van der Waals surface area contributed by atoms with Gasteiger partial charge in [-0.05, 0) is 32.0 Å². The Labute approximate surface area is 88.1 Å². The molecule has 0 spiro atoms. The highest BCUT2D eigenvalue weighted by Crippen LogP contribution is 2.06. The topological polar surface area (TPSA) is 25.2 Å². The molecule has 4 heteroatoms. The summed E-state index contributed by atoms with van der Waals surface area (Å²) >= 11 is 0. The third kappa shape index (κ3) is 2.65. The predicted molar refractivity (Wildman–Crippen MR) is 56.3 cm³/mol. The third-order valence-corrected chi connectivity index (χ3v) is 2.80. The van der Waals surface area contributed by atoms with Crippen LogP contribution in [0.3, 0.4) is 0 Å². The van der Waals surface area contributed by atoms with E-state index in [4.69, 9.17) is 0 Å². The van der Waals surface area contributed by atoms with Crippen LogP contribution >= 0.6 is 0 Å². The van der Waals surface area contributed by atoms with Crippen LogP contribution in [0.5, 0.6) is 0 Å². The van der Waals surface area contributed by atoms with Gasteiger partial charge in [0.25, 0.3) is 5.56 Å². The maximum absolute atomic E-state index is 12.9. The maximum atomic E-state index is 12.9. The molecular formula is C11H15FN2O. The molecule has 1 aliphatic rings. The Kier molecular flexibility index (Phi) is 3.16. The zero-order valence-corrected chi connectivity index (χ0v) is 8.66. The average molecular weight is 210 g/mol. The van der Waals surface area contributed by atoms with Crippen LogP contribution in [0, 0.1) is 5.82 Å². The first-order chi connectivity index (χ1) is 7.25. The first kappa shape index (κ1) is 10.4. The van der Waals surface area contributed by atoms with Gasteiger partial charge in [0.1, 0.15) is 5.82 Å². The van der Waals surface area contributed by atoms with Crippen molar-refractivity contribution < 1.29 is 4.39 Å². The minimum absolute atomic E-state index is 0.129. The fraction of sp³-hybridized carbons (Fsp3) is 0.545. The molecule has 2 heterocycles. The number of hydrogen-bond donors (Lipinski definition) is 0. The molecule has 0 atom stereocenters. The van der Waals surface area contributed by atoms with Crippen LogP contribution in [0.25, 0.3) is 0 Å². The molecule has 0 N–H and O–H groups in total. The van der Waals surface area contributed by atoms with Gasteiger partial charge in [-0.3, -0.25) is 4.79 Å². The molecular weight excluding hydrogens is 195 g/mol. The van der Waals surface area contributed by atoms with Crippen molar-refractivity contribution in [3.63, 3.8) is 0 Å². The Bertz CT molecular complexity index is 382. The molecule has 0 unspecified atom stereocenters. The molecule has 1 aliphatic heterocycles. The summed E-state index contributed by atoms with van der Waals surface area (Å²) in [6.07, 6.45) is 3.74. The number of pyridine rings is 1. The van der Waals surface area contributed by atoms with Crippen LogP contribution in [0.4, 0.5) is 4.39 Å². The molecule has 0 aliphatic carbocycles. The standard InChI is InChI=1S/C11H15FN2O/c12-10-3-4-11(15)14(9-10)8-7-13-5-1-2-6-13/h3-4,9H,1-2,5-8H2. The summed E-state index contributed by atoms with van der Waals surface area (Å²) < 4.78 is 14.3. The van der Waals surface area contributed by atoms with E-state index in [1.165, 1.54) is 35.7 Å². The Morgan fingerprint density at radius 1 is 1.20 bits per heavy atom. The van der Waals surface area contributed by atoms with E-state index in [-0.39, 0.29) is 11.4 Å². The van der Waals surface area contributed by atoms with E-state index in [0.29, 0.717) is 6.54 Å². The van der Waals surface area contributed by atoms with Crippen LogP contribution < -0.4 is 5.56 Å². The lowest BCUT2D eigenvalue weighted by atomic mass is 10.4. The number of rotatable bonds is 3. The van der Waals surface area contributed by atoms with Gasteiger partial charge in [0.2, 0.25) is 0 Å². The lowest BCUT2D eigenvalue weighted by Crippen LogP contribution is -2.28. The number of likely N-dealkylation sites (tertiary alicyclic amines) is 1. The predicted octanol–water partition coefficient (Wildman–Crippen LogP) is 1.08. The largest absolute Gasteiger partial charge is 0.311 e. The molecule has 1 aromatic rings. The van der Waals surface area contributed by atoms with Crippen molar-refractivity contribution in [1.29, 1.82) is 0 Å². The van der Waals surface area contributed by atoms with Gasteiger partial charge in [-0.1, -0.05) is 0 Å². The summed E-state index contributed by atoms with van der Waals surface area (Å²) in [6.45, 7) is 3.62. The molecule has 82 valence electrons. The first-order valence-electron chi connectivity index (χ1n) is 5.34. The van der Waals surface area contributed by atoms with E-state index >= 15 is 0 Å². The fourth-order valence-corrected chi connectivity index (χ4v) is 1.93. The van der Waals surface area contributed by atoms with Crippen molar-refractivity contribution in [2.24, 2.45) is 0 Å². The first-order valence-corrected chi connectivity index (χ1v) is 5.34. The number of halogens is 1. The van der Waals surface area contributed by atoms with Crippen molar-refractivity contribution in [1.82, 2.24) is 9.47 Å². The molecule has 15 heavy (non-hydrogen) atoms. The Morgan fingerprint density at radius 3 is 2.67 bits per heavy atom. The third-order valence-electron chi connectivity index (χ3n) is 2.80. The normalized spacial score (nSPS) is 17.1. The van der Waals surface area contributed by atoms with Crippen LogP contribution in [0.2, 0.25) is 0 Å². The van der Waals surface area contributed by atoms with E-state index in [9.17, 15) is 9.18 Å². The van der Waals surface area contributed by atoms with Gasteiger partial charge < -0.3 is 9.47 Å². The number of nitrogens with zero attached hydrogens (tertiary/aromatic N) is 2. The fourth-order valence-electron chi connectivity index (χ4n) is 1.93. The molecule has 2 rings (SSSR count). The average Bonchev–Trinajstić information content (AvgIpc) is 2.72. The monoisotopic (exact) mass is 210 g/mol. The van der Waals surface area contributed by atoms with Crippen LogP contribution in [0.1, 0.15) is 12.8 Å². The summed E-state index contributed by atoms with van der Waals surface area (Å²) in [5, 5.41) is 0. The smallest absolute Gasteiger partial charge is 0.250 e. The summed E-state index contributed by atoms with van der Waals surface area (Å²) in [6, 6.07) is 2.48. The van der Waals surface area contributed by atoms with Crippen molar-refractivity contribution in [3.05, 3.63) is 34.5 Å². The highest BCUT2D eigenvalue weighted by molar-refractivity contribution is 4.96. The van der Waals surface area contributed by atoms with Crippen molar-refractivity contribution in [2.75, 3.05) is 19.6 Å². The van der Waals surface area contributed by atoms with Gasteiger partial charge in [0, 0.05) is 25.4 Å². The highest BCUT2D eigenvalue weighted by atomic mass is 19.1. The minimum Gasteiger partial charge on any atom is -0.311 e. The second-order valence-corrected chi connectivity index (χ2v) is 3.93. The molecule has 0 saturated carbocycles. The van der Waals surface area contributed by atoms with Gasteiger partial charge in [-0.2, -0.15) is 0 Å². The van der Waals surface area contributed by atoms with Gasteiger partial charge in [-0.15, -0.1) is 0 Å². The molecule has 0 amide bonds. The summed E-state index contributed by atoms with van der Waals surface area (Å²) in [4.78, 5) is 13.7. The zero-order chi connectivity index (χ0) is 10.7. The van der Waals surface area contributed by atoms with Crippen LogP contribution in [-0.4, -0.2) is 29.1 Å². The van der Waals surface area contributed by atoms with Gasteiger partial charge in [-0.25, -0.2) is 4.39 Å². The molecule has 0 aromatic carbocycles. The van der Waals surface area contributed by atoms with Gasteiger partial charge in [0.05, 0.1) is 0 Å². The zero-order valence-electron chi connectivity index (χ0n) is 8.66. The number of aromatic nitrogens is 1. The van der Waals surface area contributed by atoms with Crippen LogP contribution in [-0.2, 0) is 6.54 Å². The quantitative estimate of drug-likeness (QED) is 0.746. The Hall–Kier alpha value is -1.16. The Morgan fingerprint density at radius 2 is 1.93 bits per heavy atom. The molecule has 1 saturated heterocycles. The summed E-state index contributed by atoms with van der Waals surface area (Å²) in [7, 11) is 0. The summed E-state index contributed by atoms with van der Waals surface area (Å²) in [5.74, 6) is -0.351. The van der Waals surface area contributed by atoms with Crippen molar-refractivity contribution in [2.45, 2.75) is 19.4 Å². The minimum atomic E-state index is -0.351. The SMILES string of the molecule is O=c1ccc(F)cn1CCN1CCCC1. The van der Waals surface area contributed by atoms with E-state index in [2.05, 4.69) is 4.90 Å². The molecule has 0 radical (unpaired) electrons. The van der Waals surface area contributed by atoms with Gasteiger partial charge >= 0.3 is 0 Å². The lowest BCUT2D eigenvalue weighted by molar-refractivity contribution is 0.319. The maximum Gasteiger partial charge on any atom is 0.250 e. The van der Waals surface area contributed by atoms with E-state index in [0.717, 1.165) is 19.6 Å². The molecule has 0 bridgehead atoms. The second-order valence-electron chi connectivity index (χ2n) is 3.93. The summed E-state index contributed by atoms with van der Waals surface area (Å²) in [5.41, 5.74) is -0.129. The molecule has 1 aromatic heterocycles. The van der Waals surface area contributed by atoms with Crippen molar-refractivity contribution in [3.8, 4) is 0 Å². The number of hydrogen-bond acceptors (Lipinski definition) is 2. The van der Waals surface area contributed by atoms with E-state index in [1.54, 1.807) is 0 Å². The van der Waals surface area contributed by atoms with Crippen molar-refractivity contribution >= 4 is 0 Å². The second kappa shape index (κ2) is 4.57. The Balaban J connectivity index is 1.97.